The number of ether oxygens (including phenoxy) is 1. The van der Waals surface area contributed by atoms with Crippen molar-refractivity contribution in [2.24, 2.45) is 0 Å². The van der Waals surface area contributed by atoms with Crippen LogP contribution in [-0.2, 0) is 4.74 Å². The van der Waals surface area contributed by atoms with E-state index in [2.05, 4.69) is 15.3 Å². The van der Waals surface area contributed by atoms with Crippen molar-refractivity contribution in [1.29, 1.82) is 0 Å². The van der Waals surface area contributed by atoms with E-state index >= 15 is 0 Å². The van der Waals surface area contributed by atoms with Gasteiger partial charge in [-0.05, 0) is 24.3 Å². The molecule has 1 aliphatic heterocycles. The molecule has 2 aromatic heterocycles. The average Bonchev–Trinajstić information content (AvgIpc) is 3.24. The number of benzene rings is 1. The summed E-state index contributed by atoms with van der Waals surface area (Å²) in [4.78, 5) is 4.68. The fourth-order valence-corrected chi connectivity index (χ4v) is 4.33. The molecule has 1 aromatic carbocycles. The first-order valence-electron chi connectivity index (χ1n) is 9.15. The number of aromatic nitrogens is 4. The summed E-state index contributed by atoms with van der Waals surface area (Å²) < 4.78 is 47.1. The van der Waals surface area contributed by atoms with Gasteiger partial charge < -0.3 is 20.1 Å². The Balaban J connectivity index is 1.64. The number of rotatable bonds is 5. The molecule has 164 valence electrons. The monoisotopic (exact) mass is 454 g/mol. The van der Waals surface area contributed by atoms with E-state index in [0.717, 1.165) is 28.6 Å². The quantitative estimate of drug-likeness (QED) is 0.498. The first kappa shape index (κ1) is 21.7. The Morgan fingerprint density at radius 2 is 1.87 bits per heavy atom. The molecule has 8 nitrogen and oxygen atoms in total. The lowest BCUT2D eigenvalue weighted by molar-refractivity contribution is -0.178. The Morgan fingerprint density at radius 1 is 1.13 bits per heavy atom. The van der Waals surface area contributed by atoms with Gasteiger partial charge in [0.05, 0.1) is 12.8 Å². The molecule has 0 unspecified atom stereocenters. The maximum absolute atomic E-state index is 13.6. The predicted octanol–water partition coefficient (Wildman–Crippen LogP) is 1.53. The van der Waals surface area contributed by atoms with Crippen LogP contribution in [0, 0.1) is 17.5 Å². The molecule has 1 fully saturated rings. The molecule has 0 aliphatic carbocycles. The molecule has 5 atom stereocenters. The molecule has 0 amide bonds. The molecule has 0 saturated carbocycles. The summed E-state index contributed by atoms with van der Waals surface area (Å²) in [6.07, 6.45) is 0.732. The van der Waals surface area contributed by atoms with Crippen molar-refractivity contribution in [3.05, 3.63) is 60.3 Å². The van der Waals surface area contributed by atoms with E-state index in [-0.39, 0.29) is 11.3 Å². The topological polar surface area (TPSA) is 114 Å². The van der Waals surface area contributed by atoms with Gasteiger partial charge in [-0.25, -0.2) is 17.9 Å². The number of aliphatic hydroxyl groups excluding tert-OH is 3. The molecular formula is C19H17F3N4O4S. The fourth-order valence-electron chi connectivity index (χ4n) is 3.29. The van der Waals surface area contributed by atoms with Crippen molar-refractivity contribution >= 4 is 11.8 Å². The second kappa shape index (κ2) is 8.93. The van der Waals surface area contributed by atoms with Gasteiger partial charge >= 0.3 is 0 Å². The van der Waals surface area contributed by atoms with Gasteiger partial charge in [0.2, 0.25) is 0 Å². The summed E-state index contributed by atoms with van der Waals surface area (Å²) in [5.74, 6) is -4.37. The van der Waals surface area contributed by atoms with Gasteiger partial charge in [-0.3, -0.25) is 4.98 Å². The van der Waals surface area contributed by atoms with Crippen molar-refractivity contribution < 1.29 is 33.2 Å². The highest BCUT2D eigenvalue weighted by molar-refractivity contribution is 7.99. The summed E-state index contributed by atoms with van der Waals surface area (Å²) in [5, 5.41) is 38.8. The smallest absolute Gasteiger partial charge is 0.194 e. The molecule has 1 saturated heterocycles. The van der Waals surface area contributed by atoms with Crippen LogP contribution in [0.4, 0.5) is 13.2 Å². The molecule has 0 radical (unpaired) electrons. The van der Waals surface area contributed by atoms with E-state index in [9.17, 15) is 28.5 Å². The Hall–Kier alpha value is -2.51. The van der Waals surface area contributed by atoms with Gasteiger partial charge in [0.1, 0.15) is 35.5 Å². The highest BCUT2D eigenvalue weighted by atomic mass is 32.2. The minimum absolute atomic E-state index is 0.000651. The lowest BCUT2D eigenvalue weighted by Gasteiger charge is -2.41. The summed E-state index contributed by atoms with van der Waals surface area (Å²) >= 11 is 1.14. The van der Waals surface area contributed by atoms with Gasteiger partial charge in [0.25, 0.3) is 0 Å². The summed E-state index contributed by atoms with van der Waals surface area (Å²) in [7, 11) is 0. The normalized spacial score (nSPS) is 26.2. The number of thioether (sulfide) groups is 1. The standard InChI is InChI=1S/C19H17F3N4O4S/c20-11-4-9(5-12(21)15(11)22)13-7-26(25-24-13)16-17(28)14(8-27)30-19(18(16)29)31-10-2-1-3-23-6-10/h1-7,14,16-19,27-29H,8H2/t14-,16+,17+,18-,19-/m1/s1. The number of aliphatic hydroxyl groups is 3. The van der Waals surface area contributed by atoms with Gasteiger partial charge in [0, 0.05) is 22.9 Å². The Morgan fingerprint density at radius 3 is 2.52 bits per heavy atom. The summed E-state index contributed by atoms with van der Waals surface area (Å²) in [6, 6.07) is 3.91. The van der Waals surface area contributed by atoms with E-state index in [0.29, 0.717) is 4.90 Å². The molecule has 12 heteroatoms. The maximum Gasteiger partial charge on any atom is 0.194 e. The Kier molecular flexibility index (Phi) is 6.25. The zero-order chi connectivity index (χ0) is 22.1. The van der Waals surface area contributed by atoms with E-state index in [1.54, 1.807) is 24.5 Å². The third-order valence-electron chi connectivity index (χ3n) is 4.83. The van der Waals surface area contributed by atoms with Crippen LogP contribution in [0.5, 0.6) is 0 Å². The molecule has 31 heavy (non-hydrogen) atoms. The first-order chi connectivity index (χ1) is 14.9. The zero-order valence-electron chi connectivity index (χ0n) is 15.7. The van der Waals surface area contributed by atoms with Crippen LogP contribution < -0.4 is 0 Å². The van der Waals surface area contributed by atoms with E-state index in [1.165, 1.54) is 6.20 Å². The molecule has 3 N–H and O–H groups in total. The van der Waals surface area contributed by atoms with Crippen molar-refractivity contribution in [3.63, 3.8) is 0 Å². The van der Waals surface area contributed by atoms with Crippen LogP contribution in [0.15, 0.2) is 47.8 Å². The molecule has 0 bridgehead atoms. The van der Waals surface area contributed by atoms with Gasteiger partial charge in [-0.2, -0.15) is 0 Å². The van der Waals surface area contributed by atoms with Crippen molar-refractivity contribution in [3.8, 4) is 11.3 Å². The Bertz CT molecular complexity index is 1030. The van der Waals surface area contributed by atoms with E-state index in [4.69, 9.17) is 4.74 Å². The van der Waals surface area contributed by atoms with Crippen LogP contribution in [0.3, 0.4) is 0 Å². The predicted molar refractivity (Wildman–Crippen MR) is 102 cm³/mol. The van der Waals surface area contributed by atoms with E-state index < -0.39 is 53.8 Å². The lowest BCUT2D eigenvalue weighted by atomic mass is 9.97. The van der Waals surface area contributed by atoms with Crippen LogP contribution >= 0.6 is 11.8 Å². The van der Waals surface area contributed by atoms with Crippen molar-refractivity contribution in [2.75, 3.05) is 6.61 Å². The first-order valence-corrected chi connectivity index (χ1v) is 10.0. The van der Waals surface area contributed by atoms with Crippen molar-refractivity contribution in [1.82, 2.24) is 20.0 Å². The minimum Gasteiger partial charge on any atom is -0.394 e. The zero-order valence-corrected chi connectivity index (χ0v) is 16.5. The molecule has 3 heterocycles. The summed E-state index contributed by atoms with van der Waals surface area (Å²) in [5.41, 5.74) is -0.956. The third-order valence-corrected chi connectivity index (χ3v) is 5.97. The SMILES string of the molecule is OC[C@H]1O[C@H](Sc2cccnc2)[C@H](O)[C@@H](n2cc(-c3cc(F)c(F)c(F)c3)nn2)[C@H]1O. The summed E-state index contributed by atoms with van der Waals surface area (Å²) in [6.45, 7) is -0.523. The van der Waals surface area contributed by atoms with Crippen LogP contribution in [0.25, 0.3) is 11.3 Å². The highest BCUT2D eigenvalue weighted by Crippen LogP contribution is 2.38. The second-order valence-corrected chi connectivity index (χ2v) is 8.01. The molecule has 3 aromatic rings. The van der Waals surface area contributed by atoms with Gasteiger partial charge in [-0.1, -0.05) is 17.0 Å². The lowest BCUT2D eigenvalue weighted by Crippen LogP contribution is -2.55. The average molecular weight is 454 g/mol. The minimum atomic E-state index is -1.60. The highest BCUT2D eigenvalue weighted by Gasteiger charge is 2.46. The number of halogens is 3. The molecule has 0 spiro atoms. The van der Waals surface area contributed by atoms with Gasteiger partial charge in [0.15, 0.2) is 17.5 Å². The van der Waals surface area contributed by atoms with Gasteiger partial charge in [-0.15, -0.1) is 5.10 Å². The molecule has 4 rings (SSSR count). The largest absolute Gasteiger partial charge is 0.394 e. The second-order valence-electron chi connectivity index (χ2n) is 6.84. The van der Waals surface area contributed by atoms with Crippen LogP contribution in [0.1, 0.15) is 6.04 Å². The van der Waals surface area contributed by atoms with Crippen molar-refractivity contribution in [2.45, 2.75) is 34.7 Å². The van der Waals surface area contributed by atoms with E-state index in [1.807, 2.05) is 0 Å². The molecule has 1 aliphatic rings. The fraction of sp³-hybridized carbons (Fsp3) is 0.316. The molecular weight excluding hydrogens is 437 g/mol. The number of pyridine rings is 1. The number of hydrogen-bond acceptors (Lipinski definition) is 8. The van der Waals surface area contributed by atoms with Crippen LogP contribution in [-0.4, -0.2) is 65.7 Å². The Labute approximate surface area is 178 Å². The van der Waals surface area contributed by atoms with Crippen LogP contribution in [0.2, 0.25) is 0 Å². The maximum atomic E-state index is 13.6. The third kappa shape index (κ3) is 4.29. The number of nitrogens with zero attached hydrogens (tertiary/aromatic N) is 4. The number of hydrogen-bond donors (Lipinski definition) is 3.